The van der Waals surface area contributed by atoms with Gasteiger partial charge < -0.3 is 25.5 Å². The molecule has 3 heterocycles. The van der Waals surface area contributed by atoms with Gasteiger partial charge in [0.1, 0.15) is 19.0 Å². The Morgan fingerprint density at radius 3 is 2.62 bits per heavy atom. The van der Waals surface area contributed by atoms with E-state index in [-0.39, 0.29) is 11.7 Å². The van der Waals surface area contributed by atoms with Gasteiger partial charge in [-0.05, 0) is 30.5 Å². The number of halogens is 1. The Bertz CT molecular complexity index is 1220. The SMILES string of the molecule is C#Cc1cc2c(cc1Cc1nc3c(N)nc(F)nc3n1CCCCCC(N)=O)OCCO2. The fraction of sp³-hybridized carbons (Fsp3) is 0.364. The number of hydrogen-bond acceptors (Lipinski definition) is 7. The number of amides is 1. The summed E-state index contributed by atoms with van der Waals surface area (Å²) < 4.78 is 27.0. The van der Waals surface area contributed by atoms with Gasteiger partial charge in [0, 0.05) is 24.9 Å². The van der Waals surface area contributed by atoms with E-state index in [4.69, 9.17) is 27.4 Å². The van der Waals surface area contributed by atoms with E-state index in [0.717, 1.165) is 18.4 Å². The van der Waals surface area contributed by atoms with Crippen LogP contribution in [-0.4, -0.2) is 38.6 Å². The molecule has 4 N–H and O–H groups in total. The second-order valence-corrected chi connectivity index (χ2v) is 7.48. The Balaban J connectivity index is 1.68. The number of anilines is 1. The molecule has 0 spiro atoms. The van der Waals surface area contributed by atoms with Gasteiger partial charge in [0.05, 0.1) is 0 Å². The van der Waals surface area contributed by atoms with Gasteiger partial charge in [0.15, 0.2) is 28.5 Å². The van der Waals surface area contributed by atoms with Crippen molar-refractivity contribution in [2.45, 2.75) is 38.6 Å². The van der Waals surface area contributed by atoms with E-state index >= 15 is 0 Å². The lowest BCUT2D eigenvalue weighted by molar-refractivity contribution is -0.118. The fourth-order valence-corrected chi connectivity index (χ4v) is 3.74. The zero-order valence-corrected chi connectivity index (χ0v) is 17.4. The minimum Gasteiger partial charge on any atom is -0.486 e. The molecule has 1 aromatic carbocycles. The smallest absolute Gasteiger partial charge is 0.312 e. The minimum atomic E-state index is -0.917. The number of hydrogen-bond donors (Lipinski definition) is 2. The van der Waals surface area contributed by atoms with Crippen LogP contribution in [0.4, 0.5) is 10.2 Å². The van der Waals surface area contributed by atoms with Crippen LogP contribution in [0.3, 0.4) is 0 Å². The number of nitrogens with zero attached hydrogens (tertiary/aromatic N) is 4. The minimum absolute atomic E-state index is 0.0272. The van der Waals surface area contributed by atoms with Gasteiger partial charge in [-0.3, -0.25) is 4.79 Å². The summed E-state index contributed by atoms with van der Waals surface area (Å²) in [4.78, 5) is 23.1. The van der Waals surface area contributed by atoms with Crippen LogP contribution >= 0.6 is 0 Å². The second-order valence-electron chi connectivity index (χ2n) is 7.48. The van der Waals surface area contributed by atoms with Crippen molar-refractivity contribution in [2.24, 2.45) is 5.73 Å². The van der Waals surface area contributed by atoms with Crippen molar-refractivity contribution in [3.63, 3.8) is 0 Å². The molecule has 2 aromatic heterocycles. The summed E-state index contributed by atoms with van der Waals surface area (Å²) in [6.45, 7) is 1.43. The molecule has 0 bridgehead atoms. The topological polar surface area (TPSA) is 131 Å². The van der Waals surface area contributed by atoms with Gasteiger partial charge in [0.2, 0.25) is 5.91 Å². The van der Waals surface area contributed by atoms with E-state index in [9.17, 15) is 9.18 Å². The molecule has 0 saturated heterocycles. The molecule has 10 heteroatoms. The number of fused-ring (bicyclic) bond motifs is 2. The number of aryl methyl sites for hydroxylation is 1. The molecule has 1 aliphatic rings. The molecule has 4 rings (SSSR count). The molecule has 0 fully saturated rings. The summed E-state index contributed by atoms with van der Waals surface area (Å²) in [6, 6.07) is 3.62. The Hall–Kier alpha value is -3.87. The summed E-state index contributed by atoms with van der Waals surface area (Å²) in [5.74, 6) is 4.16. The molecule has 0 saturated carbocycles. The Morgan fingerprint density at radius 1 is 1.16 bits per heavy atom. The maximum Gasteiger partial charge on any atom is 0.312 e. The quantitative estimate of drug-likeness (QED) is 0.312. The van der Waals surface area contributed by atoms with Crippen LogP contribution in [0.25, 0.3) is 11.2 Å². The van der Waals surface area contributed by atoms with Gasteiger partial charge >= 0.3 is 6.08 Å². The number of nitrogens with two attached hydrogens (primary N) is 2. The molecule has 3 aromatic rings. The Labute approximate surface area is 183 Å². The maximum atomic E-state index is 13.9. The first-order chi connectivity index (χ1) is 15.5. The molecular formula is C22H23FN6O3. The summed E-state index contributed by atoms with van der Waals surface area (Å²) in [6.07, 6.45) is 7.66. The lowest BCUT2D eigenvalue weighted by atomic mass is 10.0. The highest BCUT2D eigenvalue weighted by molar-refractivity contribution is 5.82. The Kier molecular flexibility index (Phi) is 6.07. The highest BCUT2D eigenvalue weighted by Crippen LogP contribution is 2.34. The summed E-state index contributed by atoms with van der Waals surface area (Å²) in [5, 5.41) is 0. The number of aromatic nitrogens is 4. The van der Waals surface area contributed by atoms with Crippen molar-refractivity contribution in [3.8, 4) is 23.8 Å². The molecule has 166 valence electrons. The van der Waals surface area contributed by atoms with Crippen molar-refractivity contribution >= 4 is 22.9 Å². The van der Waals surface area contributed by atoms with Crippen LogP contribution in [0.2, 0.25) is 0 Å². The van der Waals surface area contributed by atoms with Crippen molar-refractivity contribution < 1.29 is 18.7 Å². The fourth-order valence-electron chi connectivity index (χ4n) is 3.74. The number of imidazole rings is 1. The van der Waals surface area contributed by atoms with Crippen molar-refractivity contribution in [1.82, 2.24) is 19.5 Å². The largest absolute Gasteiger partial charge is 0.486 e. The highest BCUT2D eigenvalue weighted by atomic mass is 19.1. The van der Waals surface area contributed by atoms with Crippen LogP contribution in [0.1, 0.15) is 42.6 Å². The van der Waals surface area contributed by atoms with Gasteiger partial charge in [-0.25, -0.2) is 4.98 Å². The molecule has 0 atom stereocenters. The van der Waals surface area contributed by atoms with Crippen LogP contribution in [-0.2, 0) is 17.8 Å². The van der Waals surface area contributed by atoms with E-state index in [1.165, 1.54) is 0 Å². The first kappa shape index (κ1) is 21.4. The first-order valence-electron chi connectivity index (χ1n) is 10.3. The normalized spacial score (nSPS) is 12.6. The molecule has 0 aliphatic carbocycles. The average Bonchev–Trinajstić information content (AvgIpc) is 3.10. The highest BCUT2D eigenvalue weighted by Gasteiger charge is 2.20. The van der Waals surface area contributed by atoms with Crippen molar-refractivity contribution in [2.75, 3.05) is 18.9 Å². The van der Waals surface area contributed by atoms with E-state index in [1.807, 2.05) is 10.6 Å². The molecule has 0 radical (unpaired) electrons. The number of unbranched alkanes of at least 4 members (excludes halogenated alkanes) is 2. The molecule has 9 nitrogen and oxygen atoms in total. The number of benzene rings is 1. The predicted octanol–water partition coefficient (Wildman–Crippen LogP) is 1.94. The average molecular weight is 438 g/mol. The number of carbonyl (C=O) groups excluding carboxylic acids is 1. The maximum absolute atomic E-state index is 13.9. The standard InChI is InChI=1S/C22H23FN6O3/c1-2-13-10-15-16(32-9-8-31-15)11-14(13)12-18-26-19-20(25)27-22(23)28-21(19)29(18)7-5-3-4-6-17(24)30/h1,10-11H,3-9,12H2,(H2,24,30)(H2,25,27,28). The van der Waals surface area contributed by atoms with Crippen LogP contribution in [0.5, 0.6) is 11.5 Å². The summed E-state index contributed by atoms with van der Waals surface area (Å²) in [7, 11) is 0. The number of carbonyl (C=O) groups is 1. The van der Waals surface area contributed by atoms with Crippen molar-refractivity contribution in [3.05, 3.63) is 35.2 Å². The monoisotopic (exact) mass is 438 g/mol. The zero-order chi connectivity index (χ0) is 22.7. The number of ether oxygens (including phenoxy) is 2. The van der Waals surface area contributed by atoms with Crippen LogP contribution in [0, 0.1) is 18.4 Å². The van der Waals surface area contributed by atoms with Crippen LogP contribution < -0.4 is 20.9 Å². The van der Waals surface area contributed by atoms with Gasteiger partial charge in [-0.2, -0.15) is 14.4 Å². The van der Waals surface area contributed by atoms with Gasteiger partial charge in [-0.15, -0.1) is 6.42 Å². The number of terminal acetylenes is 1. The number of nitrogen functional groups attached to an aromatic ring is 1. The molecule has 1 amide bonds. The molecular weight excluding hydrogens is 415 g/mol. The van der Waals surface area contributed by atoms with E-state index < -0.39 is 6.08 Å². The number of primary amides is 1. The van der Waals surface area contributed by atoms with Gasteiger partial charge in [-0.1, -0.05) is 12.3 Å². The second kappa shape index (κ2) is 9.09. The summed E-state index contributed by atoms with van der Waals surface area (Å²) in [5.41, 5.74) is 13.2. The van der Waals surface area contributed by atoms with E-state index in [1.54, 1.807) is 6.07 Å². The molecule has 0 unspecified atom stereocenters. The Morgan fingerprint density at radius 2 is 1.91 bits per heavy atom. The predicted molar refractivity (Wildman–Crippen MR) is 116 cm³/mol. The van der Waals surface area contributed by atoms with Gasteiger partial charge in [0.25, 0.3) is 0 Å². The van der Waals surface area contributed by atoms with E-state index in [0.29, 0.717) is 73.1 Å². The molecule has 1 aliphatic heterocycles. The third-order valence-corrected chi connectivity index (χ3v) is 5.25. The van der Waals surface area contributed by atoms with Crippen molar-refractivity contribution in [1.29, 1.82) is 0 Å². The lowest BCUT2D eigenvalue weighted by Crippen LogP contribution is -2.16. The third kappa shape index (κ3) is 4.42. The zero-order valence-electron chi connectivity index (χ0n) is 17.4. The first-order valence-corrected chi connectivity index (χ1v) is 10.3. The third-order valence-electron chi connectivity index (χ3n) is 5.25. The number of rotatable bonds is 8. The van der Waals surface area contributed by atoms with E-state index in [2.05, 4.69) is 20.9 Å². The lowest BCUT2D eigenvalue weighted by Gasteiger charge is -2.20. The van der Waals surface area contributed by atoms with Crippen LogP contribution in [0.15, 0.2) is 12.1 Å². The molecule has 32 heavy (non-hydrogen) atoms. The summed E-state index contributed by atoms with van der Waals surface area (Å²) >= 11 is 0.